The molecule has 0 aliphatic carbocycles. The van der Waals surface area contributed by atoms with Crippen LogP contribution in [0.25, 0.3) is 10.9 Å². The standard InChI is InChI=1S/C20H25N5O3/c1-13(2)28-18-11-17-14(12-25(22-17)15-5-8-27-9-6-15)10-16(18)20(26)21-19-4-7-24(3)23-19/h4,7,10-13,15H,5-6,8-9H2,1-3H3,(H,21,23,26). The molecule has 0 saturated carbocycles. The Labute approximate surface area is 163 Å². The molecule has 8 heteroatoms. The Bertz CT molecular complexity index is 985. The van der Waals surface area contributed by atoms with Crippen LogP contribution < -0.4 is 10.1 Å². The Balaban J connectivity index is 1.69. The maximum absolute atomic E-state index is 12.9. The van der Waals surface area contributed by atoms with Gasteiger partial charge in [-0.3, -0.25) is 14.2 Å². The number of benzene rings is 1. The summed E-state index contributed by atoms with van der Waals surface area (Å²) < 4.78 is 15.0. The second-order valence-electron chi connectivity index (χ2n) is 7.36. The summed E-state index contributed by atoms with van der Waals surface area (Å²) in [7, 11) is 1.81. The Morgan fingerprint density at radius 1 is 1.29 bits per heavy atom. The number of nitrogens with zero attached hydrogens (tertiary/aromatic N) is 4. The summed E-state index contributed by atoms with van der Waals surface area (Å²) in [6.45, 7) is 5.37. The second-order valence-corrected chi connectivity index (χ2v) is 7.36. The number of carbonyl (C=O) groups is 1. The van der Waals surface area contributed by atoms with Crippen LogP contribution >= 0.6 is 0 Å². The zero-order valence-corrected chi connectivity index (χ0v) is 16.4. The highest BCUT2D eigenvalue weighted by Crippen LogP contribution is 2.29. The van der Waals surface area contributed by atoms with Gasteiger partial charge >= 0.3 is 0 Å². The van der Waals surface area contributed by atoms with E-state index in [-0.39, 0.29) is 12.0 Å². The van der Waals surface area contributed by atoms with Crippen molar-refractivity contribution in [3.8, 4) is 5.75 Å². The predicted octanol–water partition coefficient (Wildman–Crippen LogP) is 3.16. The van der Waals surface area contributed by atoms with E-state index in [4.69, 9.17) is 14.6 Å². The van der Waals surface area contributed by atoms with Gasteiger partial charge in [0.25, 0.3) is 5.91 Å². The lowest BCUT2D eigenvalue weighted by atomic mass is 10.1. The van der Waals surface area contributed by atoms with Crippen LogP contribution in [0.1, 0.15) is 43.1 Å². The van der Waals surface area contributed by atoms with E-state index in [2.05, 4.69) is 10.4 Å². The molecule has 0 atom stereocenters. The SMILES string of the molecule is CC(C)Oc1cc2nn(C3CCOCC3)cc2cc1C(=O)Nc1ccn(C)n1. The van der Waals surface area contributed by atoms with Gasteiger partial charge in [-0.25, -0.2) is 0 Å². The fourth-order valence-electron chi connectivity index (χ4n) is 3.40. The smallest absolute Gasteiger partial charge is 0.260 e. The summed E-state index contributed by atoms with van der Waals surface area (Å²) in [4.78, 5) is 12.9. The van der Waals surface area contributed by atoms with E-state index >= 15 is 0 Å². The molecule has 1 N–H and O–H groups in total. The second kappa shape index (κ2) is 7.63. The normalized spacial score (nSPS) is 15.3. The van der Waals surface area contributed by atoms with Crippen molar-refractivity contribution in [3.63, 3.8) is 0 Å². The van der Waals surface area contributed by atoms with Gasteiger partial charge in [-0.05, 0) is 32.8 Å². The molecular formula is C20H25N5O3. The molecule has 3 heterocycles. The van der Waals surface area contributed by atoms with Gasteiger partial charge in [-0.1, -0.05) is 0 Å². The number of aryl methyl sites for hydroxylation is 1. The third-order valence-corrected chi connectivity index (χ3v) is 4.75. The van der Waals surface area contributed by atoms with Gasteiger partial charge in [0, 0.05) is 50.2 Å². The van der Waals surface area contributed by atoms with Crippen molar-refractivity contribution in [1.29, 1.82) is 0 Å². The Kier molecular flexibility index (Phi) is 5.04. The van der Waals surface area contributed by atoms with Crippen molar-refractivity contribution < 1.29 is 14.3 Å². The van der Waals surface area contributed by atoms with Crippen molar-refractivity contribution in [2.75, 3.05) is 18.5 Å². The molecule has 1 aliphatic rings. The number of rotatable bonds is 5. The van der Waals surface area contributed by atoms with Crippen LogP contribution in [0, 0.1) is 0 Å². The third kappa shape index (κ3) is 3.87. The number of aromatic nitrogens is 4. The lowest BCUT2D eigenvalue weighted by molar-refractivity contribution is 0.0664. The maximum Gasteiger partial charge on any atom is 0.260 e. The van der Waals surface area contributed by atoms with Crippen molar-refractivity contribution >= 4 is 22.6 Å². The van der Waals surface area contributed by atoms with E-state index in [0.717, 1.165) is 37.0 Å². The summed E-state index contributed by atoms with van der Waals surface area (Å²) in [5, 5.41) is 12.7. The molecule has 8 nitrogen and oxygen atoms in total. The Morgan fingerprint density at radius 2 is 2.07 bits per heavy atom. The number of hydrogen-bond acceptors (Lipinski definition) is 5. The molecule has 4 rings (SSSR count). The zero-order chi connectivity index (χ0) is 19.7. The van der Waals surface area contributed by atoms with Crippen molar-refractivity contribution in [2.24, 2.45) is 7.05 Å². The number of hydrogen-bond donors (Lipinski definition) is 1. The first-order valence-electron chi connectivity index (χ1n) is 9.58. The molecule has 0 unspecified atom stereocenters. The molecule has 1 amide bonds. The van der Waals surface area contributed by atoms with Crippen molar-refractivity contribution in [2.45, 2.75) is 38.8 Å². The molecule has 148 valence electrons. The molecule has 2 aromatic heterocycles. The third-order valence-electron chi connectivity index (χ3n) is 4.75. The number of nitrogens with one attached hydrogen (secondary N) is 1. The highest BCUT2D eigenvalue weighted by Gasteiger charge is 2.21. The molecule has 0 spiro atoms. The molecule has 28 heavy (non-hydrogen) atoms. The number of fused-ring (bicyclic) bond motifs is 1. The van der Waals surface area contributed by atoms with Crippen LogP contribution in [0.15, 0.2) is 30.6 Å². The highest BCUT2D eigenvalue weighted by atomic mass is 16.5. The topological polar surface area (TPSA) is 83.2 Å². The first-order valence-corrected chi connectivity index (χ1v) is 9.58. The van der Waals surface area contributed by atoms with Crippen LogP contribution in [0.4, 0.5) is 5.82 Å². The first kappa shape index (κ1) is 18.5. The van der Waals surface area contributed by atoms with E-state index in [1.54, 1.807) is 24.0 Å². The summed E-state index contributed by atoms with van der Waals surface area (Å²) in [5.41, 5.74) is 1.29. The molecular weight excluding hydrogens is 358 g/mol. The van der Waals surface area contributed by atoms with Gasteiger partial charge in [0.05, 0.1) is 23.2 Å². The lowest BCUT2D eigenvalue weighted by Gasteiger charge is -2.22. The molecule has 1 aliphatic heterocycles. The largest absolute Gasteiger partial charge is 0.490 e. The van der Waals surface area contributed by atoms with E-state index in [9.17, 15) is 4.79 Å². The van der Waals surface area contributed by atoms with Gasteiger partial charge in [-0.15, -0.1) is 0 Å². The van der Waals surface area contributed by atoms with Crippen LogP contribution in [-0.4, -0.2) is 44.8 Å². The predicted molar refractivity (Wildman–Crippen MR) is 106 cm³/mol. The van der Waals surface area contributed by atoms with Crippen LogP contribution in [0.3, 0.4) is 0 Å². The molecule has 1 saturated heterocycles. The number of carbonyl (C=O) groups excluding carboxylic acids is 1. The Morgan fingerprint density at radius 3 is 2.75 bits per heavy atom. The zero-order valence-electron chi connectivity index (χ0n) is 16.4. The van der Waals surface area contributed by atoms with Crippen molar-refractivity contribution in [1.82, 2.24) is 19.6 Å². The summed E-state index contributed by atoms with van der Waals surface area (Å²) >= 11 is 0. The van der Waals surface area contributed by atoms with Gasteiger partial charge in [0.2, 0.25) is 0 Å². The number of amides is 1. The number of ether oxygens (including phenoxy) is 2. The molecule has 3 aromatic rings. The van der Waals surface area contributed by atoms with Gasteiger partial charge in [0.15, 0.2) is 5.82 Å². The average molecular weight is 383 g/mol. The number of anilines is 1. The van der Waals surface area contributed by atoms with Gasteiger partial charge in [-0.2, -0.15) is 10.2 Å². The summed E-state index contributed by atoms with van der Waals surface area (Å²) in [6.07, 6.45) is 5.60. The quantitative estimate of drug-likeness (QED) is 0.732. The molecule has 1 aromatic carbocycles. The van der Waals surface area contributed by atoms with Gasteiger partial charge in [0.1, 0.15) is 5.75 Å². The van der Waals surface area contributed by atoms with E-state index in [1.807, 2.05) is 36.9 Å². The van der Waals surface area contributed by atoms with E-state index in [0.29, 0.717) is 23.2 Å². The molecule has 1 fully saturated rings. The van der Waals surface area contributed by atoms with E-state index < -0.39 is 0 Å². The molecule has 0 bridgehead atoms. The first-order chi connectivity index (χ1) is 13.5. The summed E-state index contributed by atoms with van der Waals surface area (Å²) in [5.74, 6) is 0.768. The molecule has 0 radical (unpaired) electrons. The highest BCUT2D eigenvalue weighted by molar-refractivity contribution is 6.08. The van der Waals surface area contributed by atoms with Crippen LogP contribution in [0.2, 0.25) is 0 Å². The Hall–Kier alpha value is -2.87. The van der Waals surface area contributed by atoms with Crippen molar-refractivity contribution in [3.05, 3.63) is 36.2 Å². The minimum atomic E-state index is -0.255. The minimum absolute atomic E-state index is 0.0589. The minimum Gasteiger partial charge on any atom is -0.490 e. The maximum atomic E-state index is 12.9. The van der Waals surface area contributed by atoms with E-state index in [1.165, 1.54) is 0 Å². The average Bonchev–Trinajstić information content (AvgIpc) is 3.26. The van der Waals surface area contributed by atoms with Crippen LogP contribution in [-0.2, 0) is 11.8 Å². The fourth-order valence-corrected chi connectivity index (χ4v) is 3.40. The van der Waals surface area contributed by atoms with Gasteiger partial charge < -0.3 is 14.8 Å². The monoisotopic (exact) mass is 383 g/mol. The summed E-state index contributed by atoms with van der Waals surface area (Å²) in [6, 6.07) is 5.76. The lowest BCUT2D eigenvalue weighted by Crippen LogP contribution is -2.19. The fraction of sp³-hybridized carbons (Fsp3) is 0.450. The van der Waals surface area contributed by atoms with Crippen LogP contribution in [0.5, 0.6) is 5.75 Å².